The van der Waals surface area contributed by atoms with Gasteiger partial charge >= 0.3 is 0 Å². The molecule has 0 aliphatic carbocycles. The van der Waals surface area contributed by atoms with Gasteiger partial charge in [0.2, 0.25) is 5.91 Å². The van der Waals surface area contributed by atoms with Gasteiger partial charge < -0.3 is 9.88 Å². The third-order valence-electron chi connectivity index (χ3n) is 4.06. The molecule has 1 N–H and O–H groups in total. The summed E-state index contributed by atoms with van der Waals surface area (Å²) in [6, 6.07) is 20.6. The van der Waals surface area contributed by atoms with Crippen molar-refractivity contribution in [2.45, 2.75) is 25.8 Å². The van der Waals surface area contributed by atoms with Crippen molar-refractivity contribution >= 4 is 16.8 Å². The third kappa shape index (κ3) is 4.22. The highest BCUT2D eigenvalue weighted by molar-refractivity contribution is 5.79. The first kappa shape index (κ1) is 15.3. The summed E-state index contributed by atoms with van der Waals surface area (Å²) in [7, 11) is 0. The summed E-state index contributed by atoms with van der Waals surface area (Å²) in [5.41, 5.74) is 2.46. The van der Waals surface area contributed by atoms with Crippen molar-refractivity contribution in [2.75, 3.05) is 6.54 Å². The molecule has 3 rings (SSSR count). The van der Waals surface area contributed by atoms with Crippen LogP contribution in [0.3, 0.4) is 0 Å². The van der Waals surface area contributed by atoms with E-state index < -0.39 is 0 Å². The Bertz CT molecular complexity index is 761. The average molecular weight is 306 g/mol. The molecule has 0 bridgehead atoms. The van der Waals surface area contributed by atoms with Crippen LogP contribution in [0.1, 0.15) is 18.4 Å². The fourth-order valence-corrected chi connectivity index (χ4v) is 2.80. The molecule has 0 atom stereocenters. The minimum Gasteiger partial charge on any atom is -0.356 e. The third-order valence-corrected chi connectivity index (χ3v) is 4.06. The Labute approximate surface area is 136 Å². The maximum absolute atomic E-state index is 11.9. The van der Waals surface area contributed by atoms with E-state index in [1.807, 2.05) is 18.2 Å². The second-order valence-electron chi connectivity index (χ2n) is 5.76. The minimum atomic E-state index is 0.131. The molecule has 3 aromatic rings. The molecule has 1 aromatic heterocycles. The molecule has 0 saturated carbocycles. The Morgan fingerprint density at radius 2 is 1.74 bits per heavy atom. The van der Waals surface area contributed by atoms with Crippen LogP contribution in [0.2, 0.25) is 0 Å². The molecule has 0 unspecified atom stereocenters. The maximum atomic E-state index is 11.9. The minimum absolute atomic E-state index is 0.131. The molecule has 1 amide bonds. The number of hydrogen-bond donors (Lipinski definition) is 1. The Morgan fingerprint density at radius 1 is 0.957 bits per heavy atom. The molecule has 0 spiro atoms. The van der Waals surface area contributed by atoms with Gasteiger partial charge in [-0.2, -0.15) is 0 Å². The first-order valence-electron chi connectivity index (χ1n) is 8.17. The first-order chi connectivity index (χ1) is 11.3. The average Bonchev–Trinajstić information content (AvgIpc) is 3.01. The van der Waals surface area contributed by atoms with Gasteiger partial charge in [0.25, 0.3) is 0 Å². The van der Waals surface area contributed by atoms with Gasteiger partial charge in [0.1, 0.15) is 0 Å². The van der Waals surface area contributed by atoms with Gasteiger partial charge in [-0.1, -0.05) is 48.5 Å². The Hall–Kier alpha value is -2.55. The van der Waals surface area contributed by atoms with E-state index in [0.29, 0.717) is 6.42 Å². The highest BCUT2D eigenvalue weighted by Gasteiger charge is 2.03. The zero-order valence-corrected chi connectivity index (χ0v) is 13.2. The largest absolute Gasteiger partial charge is 0.356 e. The van der Waals surface area contributed by atoms with Crippen LogP contribution in [0.15, 0.2) is 66.9 Å². The van der Waals surface area contributed by atoms with Crippen molar-refractivity contribution in [3.8, 4) is 0 Å². The lowest BCUT2D eigenvalue weighted by Crippen LogP contribution is -2.25. The summed E-state index contributed by atoms with van der Waals surface area (Å²) >= 11 is 0. The molecule has 1 heterocycles. The number of aryl methyl sites for hydroxylation is 2. The number of benzene rings is 2. The number of nitrogens with one attached hydrogen (secondary N) is 1. The maximum Gasteiger partial charge on any atom is 0.220 e. The van der Waals surface area contributed by atoms with Gasteiger partial charge in [0, 0.05) is 31.2 Å². The van der Waals surface area contributed by atoms with E-state index in [9.17, 15) is 4.79 Å². The highest BCUT2D eigenvalue weighted by atomic mass is 16.1. The van der Waals surface area contributed by atoms with Crippen LogP contribution >= 0.6 is 0 Å². The molecule has 0 saturated heterocycles. The van der Waals surface area contributed by atoms with E-state index in [4.69, 9.17) is 0 Å². The van der Waals surface area contributed by atoms with Crippen molar-refractivity contribution in [1.29, 1.82) is 0 Å². The number of carbonyl (C=O) groups excluding carboxylic acids is 1. The fraction of sp³-hybridized carbons (Fsp3) is 0.250. The molecule has 3 heteroatoms. The van der Waals surface area contributed by atoms with Crippen molar-refractivity contribution < 1.29 is 4.79 Å². The van der Waals surface area contributed by atoms with Crippen LogP contribution < -0.4 is 5.32 Å². The second kappa shape index (κ2) is 7.63. The Morgan fingerprint density at radius 3 is 2.61 bits per heavy atom. The fourth-order valence-electron chi connectivity index (χ4n) is 2.80. The van der Waals surface area contributed by atoms with Crippen LogP contribution in [0.4, 0.5) is 0 Å². The predicted octanol–water partition coefficient (Wildman–Crippen LogP) is 3.78. The zero-order valence-electron chi connectivity index (χ0n) is 13.2. The monoisotopic (exact) mass is 306 g/mol. The number of para-hydroxylation sites is 1. The SMILES string of the molecule is O=C(CCc1ccccc1)NCCCn1ccc2ccccc21. The summed E-state index contributed by atoms with van der Waals surface area (Å²) in [5, 5.41) is 4.27. The summed E-state index contributed by atoms with van der Waals surface area (Å²) in [6.07, 6.45) is 4.41. The summed E-state index contributed by atoms with van der Waals surface area (Å²) in [4.78, 5) is 11.9. The van der Waals surface area contributed by atoms with E-state index >= 15 is 0 Å². The smallest absolute Gasteiger partial charge is 0.220 e. The van der Waals surface area contributed by atoms with Crippen molar-refractivity contribution in [2.24, 2.45) is 0 Å². The highest BCUT2D eigenvalue weighted by Crippen LogP contribution is 2.15. The van der Waals surface area contributed by atoms with Gasteiger partial charge in [-0.15, -0.1) is 0 Å². The van der Waals surface area contributed by atoms with E-state index in [2.05, 4.69) is 58.5 Å². The molecule has 0 aliphatic rings. The van der Waals surface area contributed by atoms with Crippen molar-refractivity contribution in [3.05, 3.63) is 72.4 Å². The lowest BCUT2D eigenvalue weighted by atomic mass is 10.1. The quantitative estimate of drug-likeness (QED) is 0.662. The van der Waals surface area contributed by atoms with Crippen LogP contribution in [-0.4, -0.2) is 17.0 Å². The molecule has 23 heavy (non-hydrogen) atoms. The van der Waals surface area contributed by atoms with E-state index in [0.717, 1.165) is 25.9 Å². The standard InChI is InChI=1S/C20H22N2O/c23-20(12-11-17-7-2-1-3-8-17)21-14-6-15-22-16-13-18-9-4-5-10-19(18)22/h1-5,7-10,13,16H,6,11-12,14-15H2,(H,21,23). The van der Waals surface area contributed by atoms with Gasteiger partial charge in [0.05, 0.1) is 0 Å². The number of nitrogens with zero attached hydrogens (tertiary/aromatic N) is 1. The van der Waals surface area contributed by atoms with Crippen LogP contribution in [0.25, 0.3) is 10.9 Å². The molecule has 3 nitrogen and oxygen atoms in total. The van der Waals surface area contributed by atoms with Gasteiger partial charge in [-0.3, -0.25) is 4.79 Å². The second-order valence-corrected chi connectivity index (χ2v) is 5.76. The van der Waals surface area contributed by atoms with Crippen molar-refractivity contribution in [3.63, 3.8) is 0 Å². The van der Waals surface area contributed by atoms with Gasteiger partial charge in [-0.25, -0.2) is 0 Å². The number of fused-ring (bicyclic) bond motifs is 1. The van der Waals surface area contributed by atoms with E-state index in [1.54, 1.807) is 0 Å². The van der Waals surface area contributed by atoms with Crippen LogP contribution in [-0.2, 0) is 17.8 Å². The molecule has 0 radical (unpaired) electrons. The molecule has 0 aliphatic heterocycles. The van der Waals surface area contributed by atoms with Crippen LogP contribution in [0.5, 0.6) is 0 Å². The number of carbonyl (C=O) groups is 1. The summed E-state index contributed by atoms with van der Waals surface area (Å²) < 4.78 is 2.24. The lowest BCUT2D eigenvalue weighted by Gasteiger charge is -2.07. The zero-order chi connectivity index (χ0) is 15.9. The predicted molar refractivity (Wildman–Crippen MR) is 94.3 cm³/mol. The van der Waals surface area contributed by atoms with Gasteiger partial charge in [0.15, 0.2) is 0 Å². The molecule has 118 valence electrons. The first-order valence-corrected chi connectivity index (χ1v) is 8.17. The van der Waals surface area contributed by atoms with Crippen molar-refractivity contribution in [1.82, 2.24) is 9.88 Å². The lowest BCUT2D eigenvalue weighted by molar-refractivity contribution is -0.121. The molecule has 0 fully saturated rings. The molecular formula is C20H22N2O. The number of hydrogen-bond acceptors (Lipinski definition) is 1. The Kier molecular flexibility index (Phi) is 5.09. The summed E-state index contributed by atoms with van der Waals surface area (Å²) in [6.45, 7) is 1.65. The summed E-state index contributed by atoms with van der Waals surface area (Å²) in [5.74, 6) is 0.131. The Balaban J connectivity index is 1.39. The van der Waals surface area contributed by atoms with E-state index in [-0.39, 0.29) is 5.91 Å². The number of rotatable bonds is 7. The van der Waals surface area contributed by atoms with E-state index in [1.165, 1.54) is 16.5 Å². The molecule has 2 aromatic carbocycles. The number of aromatic nitrogens is 1. The normalized spacial score (nSPS) is 10.8. The number of amides is 1. The topological polar surface area (TPSA) is 34.0 Å². The van der Waals surface area contributed by atoms with Crippen LogP contribution in [0, 0.1) is 0 Å². The van der Waals surface area contributed by atoms with Gasteiger partial charge in [-0.05, 0) is 35.9 Å². The molecular weight excluding hydrogens is 284 g/mol.